The Labute approximate surface area is 124 Å². The zero-order chi connectivity index (χ0) is 15.5. The van der Waals surface area contributed by atoms with Crippen molar-refractivity contribution in [3.63, 3.8) is 0 Å². The predicted molar refractivity (Wildman–Crippen MR) is 80.9 cm³/mol. The third-order valence-corrected chi connectivity index (χ3v) is 6.05. The molecule has 0 aromatic heterocycles. The highest BCUT2D eigenvalue weighted by molar-refractivity contribution is 7.98. The highest BCUT2D eigenvalue weighted by Gasteiger charge is 2.27. The SMILES string of the molecule is CSCC(C)N(C)S(=O)(=O)c1cc(C(=O)O)ccc1C. The van der Waals surface area contributed by atoms with Gasteiger partial charge in [0.25, 0.3) is 0 Å². The van der Waals surface area contributed by atoms with Gasteiger partial charge in [-0.25, -0.2) is 13.2 Å². The van der Waals surface area contributed by atoms with Crippen LogP contribution < -0.4 is 0 Å². The fourth-order valence-corrected chi connectivity index (χ4v) is 4.16. The Balaban J connectivity index is 3.27. The van der Waals surface area contributed by atoms with Crippen LogP contribution in [0.1, 0.15) is 22.8 Å². The topological polar surface area (TPSA) is 74.7 Å². The van der Waals surface area contributed by atoms with Gasteiger partial charge in [-0.1, -0.05) is 6.07 Å². The second kappa shape index (κ2) is 6.60. The van der Waals surface area contributed by atoms with Crippen LogP contribution in [0.2, 0.25) is 0 Å². The van der Waals surface area contributed by atoms with E-state index in [-0.39, 0.29) is 16.5 Å². The number of carbonyl (C=O) groups is 1. The molecule has 7 heteroatoms. The fourth-order valence-electron chi connectivity index (χ4n) is 1.75. The maximum atomic E-state index is 12.6. The first-order valence-electron chi connectivity index (χ1n) is 6.02. The van der Waals surface area contributed by atoms with Crippen molar-refractivity contribution >= 4 is 27.8 Å². The van der Waals surface area contributed by atoms with E-state index in [1.807, 2.05) is 13.2 Å². The molecule has 0 radical (unpaired) electrons. The van der Waals surface area contributed by atoms with Crippen molar-refractivity contribution < 1.29 is 18.3 Å². The first kappa shape index (κ1) is 17.0. The average Bonchev–Trinajstić information content (AvgIpc) is 2.37. The lowest BCUT2D eigenvalue weighted by molar-refractivity contribution is 0.0696. The Morgan fingerprint density at radius 3 is 2.55 bits per heavy atom. The number of benzene rings is 1. The monoisotopic (exact) mass is 317 g/mol. The van der Waals surface area contributed by atoms with Crippen LogP contribution in [-0.2, 0) is 10.0 Å². The summed E-state index contributed by atoms with van der Waals surface area (Å²) in [4.78, 5) is 11.0. The molecule has 0 amide bonds. The minimum Gasteiger partial charge on any atom is -0.478 e. The van der Waals surface area contributed by atoms with Crippen molar-refractivity contribution in [2.75, 3.05) is 19.1 Å². The molecule has 0 fully saturated rings. The van der Waals surface area contributed by atoms with E-state index in [0.717, 1.165) is 0 Å². The van der Waals surface area contributed by atoms with Gasteiger partial charge >= 0.3 is 5.97 Å². The van der Waals surface area contributed by atoms with Gasteiger partial charge in [0.15, 0.2) is 0 Å². The van der Waals surface area contributed by atoms with Gasteiger partial charge in [0.1, 0.15) is 0 Å². The molecule has 1 aromatic carbocycles. The molecule has 0 saturated heterocycles. The zero-order valence-electron chi connectivity index (χ0n) is 12.0. The number of thioether (sulfide) groups is 1. The Kier molecular flexibility index (Phi) is 5.61. The van der Waals surface area contributed by atoms with Crippen LogP contribution in [0.4, 0.5) is 0 Å². The van der Waals surface area contributed by atoms with Crippen molar-refractivity contribution in [3.05, 3.63) is 29.3 Å². The first-order chi connectivity index (χ1) is 9.21. The molecule has 20 heavy (non-hydrogen) atoms. The maximum Gasteiger partial charge on any atom is 0.335 e. The van der Waals surface area contributed by atoms with Gasteiger partial charge in [0, 0.05) is 18.8 Å². The maximum absolute atomic E-state index is 12.6. The van der Waals surface area contributed by atoms with Gasteiger partial charge in [0.05, 0.1) is 10.5 Å². The Bertz CT molecular complexity index is 598. The first-order valence-corrected chi connectivity index (χ1v) is 8.86. The van der Waals surface area contributed by atoms with Crippen molar-refractivity contribution in [1.82, 2.24) is 4.31 Å². The molecule has 1 N–H and O–H groups in total. The van der Waals surface area contributed by atoms with Crippen LogP contribution in [-0.4, -0.2) is 48.9 Å². The fraction of sp³-hybridized carbons (Fsp3) is 0.462. The average molecular weight is 317 g/mol. The van der Waals surface area contributed by atoms with Crippen molar-refractivity contribution in [2.45, 2.75) is 24.8 Å². The van der Waals surface area contributed by atoms with Gasteiger partial charge in [0.2, 0.25) is 10.0 Å². The molecule has 0 aliphatic rings. The number of nitrogens with zero attached hydrogens (tertiary/aromatic N) is 1. The van der Waals surface area contributed by atoms with E-state index in [1.165, 1.54) is 29.6 Å². The van der Waals surface area contributed by atoms with Crippen molar-refractivity contribution in [1.29, 1.82) is 0 Å². The number of hydrogen-bond donors (Lipinski definition) is 1. The third kappa shape index (κ3) is 3.53. The number of aryl methyl sites for hydroxylation is 1. The summed E-state index contributed by atoms with van der Waals surface area (Å²) in [6, 6.07) is 3.98. The molecule has 1 aromatic rings. The van der Waals surface area contributed by atoms with E-state index in [9.17, 15) is 13.2 Å². The molecule has 0 spiro atoms. The molecular weight excluding hydrogens is 298 g/mol. The number of carboxylic acid groups (broad SMARTS) is 1. The largest absolute Gasteiger partial charge is 0.478 e. The summed E-state index contributed by atoms with van der Waals surface area (Å²) in [6.45, 7) is 3.48. The van der Waals surface area contributed by atoms with E-state index in [4.69, 9.17) is 5.11 Å². The minimum atomic E-state index is -3.69. The van der Waals surface area contributed by atoms with E-state index in [0.29, 0.717) is 11.3 Å². The molecule has 112 valence electrons. The van der Waals surface area contributed by atoms with Gasteiger partial charge in [-0.05, 0) is 37.8 Å². The summed E-state index contributed by atoms with van der Waals surface area (Å²) in [6.07, 6.45) is 1.91. The summed E-state index contributed by atoms with van der Waals surface area (Å²) in [7, 11) is -2.17. The van der Waals surface area contributed by atoms with E-state index in [2.05, 4.69) is 0 Å². The van der Waals surface area contributed by atoms with E-state index < -0.39 is 16.0 Å². The van der Waals surface area contributed by atoms with Gasteiger partial charge < -0.3 is 5.11 Å². The summed E-state index contributed by atoms with van der Waals surface area (Å²) >= 11 is 1.56. The molecule has 0 aliphatic heterocycles. The molecule has 0 heterocycles. The Morgan fingerprint density at radius 2 is 2.05 bits per heavy atom. The lowest BCUT2D eigenvalue weighted by atomic mass is 10.1. The minimum absolute atomic E-state index is 0.0277. The van der Waals surface area contributed by atoms with Crippen LogP contribution >= 0.6 is 11.8 Å². The van der Waals surface area contributed by atoms with Gasteiger partial charge in [-0.15, -0.1) is 0 Å². The van der Waals surface area contributed by atoms with Crippen LogP contribution in [0.5, 0.6) is 0 Å². The summed E-state index contributed by atoms with van der Waals surface area (Å²) in [5.41, 5.74) is 0.512. The van der Waals surface area contributed by atoms with Gasteiger partial charge in [-0.3, -0.25) is 0 Å². The number of carboxylic acids is 1. The normalized spacial score (nSPS) is 13.4. The van der Waals surface area contributed by atoms with Crippen molar-refractivity contribution in [3.8, 4) is 0 Å². The molecule has 1 unspecified atom stereocenters. The number of rotatable bonds is 6. The molecule has 0 bridgehead atoms. The summed E-state index contributed by atoms with van der Waals surface area (Å²) in [5.74, 6) is -0.464. The van der Waals surface area contributed by atoms with Crippen LogP contribution in [0, 0.1) is 6.92 Å². The molecular formula is C13H19NO4S2. The zero-order valence-corrected chi connectivity index (χ0v) is 13.6. The quantitative estimate of drug-likeness (QED) is 0.869. The second-order valence-electron chi connectivity index (χ2n) is 4.61. The number of sulfonamides is 1. The highest BCUT2D eigenvalue weighted by Crippen LogP contribution is 2.22. The lowest BCUT2D eigenvalue weighted by Crippen LogP contribution is -2.37. The van der Waals surface area contributed by atoms with E-state index >= 15 is 0 Å². The summed E-state index contributed by atoms with van der Waals surface area (Å²) < 4.78 is 26.4. The smallest absolute Gasteiger partial charge is 0.335 e. The van der Waals surface area contributed by atoms with E-state index in [1.54, 1.807) is 18.7 Å². The van der Waals surface area contributed by atoms with Crippen molar-refractivity contribution in [2.24, 2.45) is 0 Å². The number of aromatic carboxylic acids is 1. The second-order valence-corrected chi connectivity index (χ2v) is 7.49. The van der Waals surface area contributed by atoms with Crippen LogP contribution in [0.25, 0.3) is 0 Å². The standard InChI is InChI=1S/C13H19NO4S2/c1-9-5-6-11(13(15)16)7-12(9)20(17,18)14(3)10(2)8-19-4/h5-7,10H,8H2,1-4H3,(H,15,16). The molecule has 1 rings (SSSR count). The van der Waals surface area contributed by atoms with Crippen LogP contribution in [0.3, 0.4) is 0 Å². The third-order valence-electron chi connectivity index (χ3n) is 3.12. The Hall–Kier alpha value is -1.05. The lowest BCUT2D eigenvalue weighted by Gasteiger charge is -2.24. The van der Waals surface area contributed by atoms with Crippen LogP contribution in [0.15, 0.2) is 23.1 Å². The molecule has 1 atom stereocenters. The number of hydrogen-bond acceptors (Lipinski definition) is 4. The molecule has 0 aliphatic carbocycles. The molecule has 0 saturated carbocycles. The predicted octanol–water partition coefficient (Wildman–Crippen LogP) is 2.07. The highest BCUT2D eigenvalue weighted by atomic mass is 32.2. The Morgan fingerprint density at radius 1 is 1.45 bits per heavy atom. The van der Waals surface area contributed by atoms with Gasteiger partial charge in [-0.2, -0.15) is 16.1 Å². The molecule has 5 nitrogen and oxygen atoms in total. The summed E-state index contributed by atoms with van der Waals surface area (Å²) in [5, 5.41) is 8.99.